The van der Waals surface area contributed by atoms with E-state index in [0.29, 0.717) is 0 Å². The third-order valence-electron chi connectivity index (χ3n) is 3.17. The van der Waals surface area contributed by atoms with E-state index >= 15 is 0 Å². The number of hydrogen-bond donors (Lipinski definition) is 1. The largest absolute Gasteiger partial charge is 0.369 e. The molecule has 0 aliphatic heterocycles. The standard InChI is InChI=1S/C15H20N2S/c1-3-15(16)12-6-8-13(9-7-12)17(2)11-14-5-4-10-18-14/h4-10,15H,3,11,16H2,1-2H3/t15-/m1/s1. The summed E-state index contributed by atoms with van der Waals surface area (Å²) in [6.07, 6.45) is 0.977. The zero-order chi connectivity index (χ0) is 13.0. The SMILES string of the molecule is CC[C@@H](N)c1ccc(N(C)Cc2cccs2)cc1. The van der Waals surface area contributed by atoms with Crippen LogP contribution in [0, 0.1) is 0 Å². The molecule has 0 fully saturated rings. The van der Waals surface area contributed by atoms with Crippen LogP contribution in [-0.4, -0.2) is 7.05 Å². The normalized spacial score (nSPS) is 12.4. The number of hydrogen-bond acceptors (Lipinski definition) is 3. The van der Waals surface area contributed by atoms with Crippen molar-refractivity contribution in [2.24, 2.45) is 5.73 Å². The third kappa shape index (κ3) is 3.12. The molecule has 0 amide bonds. The lowest BCUT2D eigenvalue weighted by Gasteiger charge is -2.19. The van der Waals surface area contributed by atoms with Gasteiger partial charge in [0, 0.05) is 23.7 Å². The van der Waals surface area contributed by atoms with Gasteiger partial charge >= 0.3 is 0 Å². The number of rotatable bonds is 5. The zero-order valence-electron chi connectivity index (χ0n) is 11.0. The van der Waals surface area contributed by atoms with Crippen molar-refractivity contribution in [3.63, 3.8) is 0 Å². The molecule has 0 unspecified atom stereocenters. The summed E-state index contributed by atoms with van der Waals surface area (Å²) in [5.74, 6) is 0. The fourth-order valence-corrected chi connectivity index (χ4v) is 2.70. The van der Waals surface area contributed by atoms with Gasteiger partial charge in [-0.1, -0.05) is 25.1 Å². The van der Waals surface area contributed by atoms with Crippen LogP contribution in [-0.2, 0) is 6.54 Å². The Morgan fingerprint density at radius 3 is 2.50 bits per heavy atom. The first-order valence-corrected chi connectivity index (χ1v) is 7.17. The van der Waals surface area contributed by atoms with Gasteiger partial charge in [0.1, 0.15) is 0 Å². The highest BCUT2D eigenvalue weighted by Crippen LogP contribution is 2.21. The van der Waals surface area contributed by atoms with Crippen LogP contribution in [0.3, 0.4) is 0 Å². The molecule has 3 heteroatoms. The lowest BCUT2D eigenvalue weighted by Crippen LogP contribution is -2.16. The molecule has 18 heavy (non-hydrogen) atoms. The summed E-state index contributed by atoms with van der Waals surface area (Å²) < 4.78 is 0. The lowest BCUT2D eigenvalue weighted by molar-refractivity contribution is 0.698. The summed E-state index contributed by atoms with van der Waals surface area (Å²) in [4.78, 5) is 3.64. The molecule has 1 aromatic heterocycles. The van der Waals surface area contributed by atoms with Crippen LogP contribution in [0.15, 0.2) is 41.8 Å². The molecule has 96 valence electrons. The smallest absolute Gasteiger partial charge is 0.0519 e. The summed E-state index contributed by atoms with van der Waals surface area (Å²) in [7, 11) is 2.12. The van der Waals surface area contributed by atoms with E-state index in [-0.39, 0.29) is 6.04 Å². The fraction of sp³-hybridized carbons (Fsp3) is 0.333. The quantitative estimate of drug-likeness (QED) is 0.886. The summed E-state index contributed by atoms with van der Waals surface area (Å²) in [6, 6.07) is 13.0. The number of nitrogens with two attached hydrogens (primary N) is 1. The molecule has 0 aliphatic carbocycles. The summed E-state index contributed by atoms with van der Waals surface area (Å²) in [5.41, 5.74) is 8.46. The van der Waals surface area contributed by atoms with Crippen LogP contribution in [0.4, 0.5) is 5.69 Å². The Kier molecular flexibility index (Phi) is 4.39. The van der Waals surface area contributed by atoms with Gasteiger partial charge in [0.15, 0.2) is 0 Å². The Bertz CT molecular complexity index is 462. The Hall–Kier alpha value is -1.32. The molecular formula is C15H20N2S. The molecule has 0 aliphatic rings. The van der Waals surface area contributed by atoms with Crippen molar-refractivity contribution in [3.8, 4) is 0 Å². The maximum Gasteiger partial charge on any atom is 0.0519 e. The monoisotopic (exact) mass is 260 g/mol. The molecule has 0 radical (unpaired) electrons. The Balaban J connectivity index is 2.04. The van der Waals surface area contributed by atoms with E-state index in [0.717, 1.165) is 13.0 Å². The highest BCUT2D eigenvalue weighted by atomic mass is 32.1. The molecule has 2 aromatic rings. The number of nitrogens with zero attached hydrogens (tertiary/aromatic N) is 1. The van der Waals surface area contributed by atoms with Crippen LogP contribution in [0.1, 0.15) is 29.8 Å². The summed E-state index contributed by atoms with van der Waals surface area (Å²) in [6.45, 7) is 3.07. The van der Waals surface area contributed by atoms with Gasteiger partial charge in [-0.25, -0.2) is 0 Å². The average Bonchev–Trinajstić information content (AvgIpc) is 2.91. The summed E-state index contributed by atoms with van der Waals surface area (Å²) >= 11 is 1.80. The average molecular weight is 260 g/mol. The van der Waals surface area contributed by atoms with Crippen LogP contribution in [0.5, 0.6) is 0 Å². The van der Waals surface area contributed by atoms with Crippen molar-refractivity contribution in [1.29, 1.82) is 0 Å². The molecule has 1 heterocycles. The van der Waals surface area contributed by atoms with Crippen molar-refractivity contribution >= 4 is 17.0 Å². The fourth-order valence-electron chi connectivity index (χ4n) is 1.94. The number of benzene rings is 1. The van der Waals surface area contributed by atoms with Gasteiger partial charge in [-0.3, -0.25) is 0 Å². The first-order valence-electron chi connectivity index (χ1n) is 6.29. The number of anilines is 1. The molecule has 2 rings (SSSR count). The second-order valence-electron chi connectivity index (χ2n) is 4.54. The molecular weight excluding hydrogens is 240 g/mol. The predicted octanol–water partition coefficient (Wildman–Crippen LogP) is 3.79. The molecule has 0 saturated heterocycles. The van der Waals surface area contributed by atoms with Crippen molar-refractivity contribution in [2.75, 3.05) is 11.9 Å². The van der Waals surface area contributed by atoms with E-state index in [1.54, 1.807) is 11.3 Å². The molecule has 2 N–H and O–H groups in total. The highest BCUT2D eigenvalue weighted by molar-refractivity contribution is 7.09. The van der Waals surface area contributed by atoms with Gasteiger partial charge in [-0.05, 0) is 35.6 Å². The Labute approximate surface area is 113 Å². The minimum atomic E-state index is 0.154. The van der Waals surface area contributed by atoms with E-state index in [4.69, 9.17) is 5.73 Å². The maximum atomic E-state index is 6.02. The van der Waals surface area contributed by atoms with E-state index < -0.39 is 0 Å². The maximum absolute atomic E-state index is 6.02. The van der Waals surface area contributed by atoms with Crippen molar-refractivity contribution in [3.05, 3.63) is 52.2 Å². The number of thiophene rings is 1. The molecule has 1 atom stereocenters. The van der Waals surface area contributed by atoms with Crippen LogP contribution in [0.2, 0.25) is 0 Å². The predicted molar refractivity (Wildman–Crippen MR) is 80.1 cm³/mol. The van der Waals surface area contributed by atoms with E-state index in [1.165, 1.54) is 16.1 Å². The molecule has 2 nitrogen and oxygen atoms in total. The van der Waals surface area contributed by atoms with Crippen LogP contribution in [0.25, 0.3) is 0 Å². The van der Waals surface area contributed by atoms with Gasteiger partial charge in [0.25, 0.3) is 0 Å². The van der Waals surface area contributed by atoms with Crippen LogP contribution < -0.4 is 10.6 Å². The van der Waals surface area contributed by atoms with E-state index in [9.17, 15) is 0 Å². The van der Waals surface area contributed by atoms with Gasteiger partial charge < -0.3 is 10.6 Å². The third-order valence-corrected chi connectivity index (χ3v) is 4.04. The summed E-state index contributed by atoms with van der Waals surface area (Å²) in [5, 5.41) is 2.12. The second-order valence-corrected chi connectivity index (χ2v) is 5.57. The Morgan fingerprint density at radius 1 is 1.22 bits per heavy atom. The molecule has 0 spiro atoms. The van der Waals surface area contributed by atoms with Gasteiger partial charge in [0.2, 0.25) is 0 Å². The van der Waals surface area contributed by atoms with E-state index in [1.807, 2.05) is 0 Å². The topological polar surface area (TPSA) is 29.3 Å². The minimum Gasteiger partial charge on any atom is -0.369 e. The second kappa shape index (κ2) is 6.03. The van der Waals surface area contributed by atoms with E-state index in [2.05, 4.69) is 60.6 Å². The van der Waals surface area contributed by atoms with Gasteiger partial charge in [-0.15, -0.1) is 11.3 Å². The molecule has 0 saturated carbocycles. The van der Waals surface area contributed by atoms with Crippen molar-refractivity contribution in [1.82, 2.24) is 0 Å². The van der Waals surface area contributed by atoms with Crippen molar-refractivity contribution in [2.45, 2.75) is 25.9 Å². The van der Waals surface area contributed by atoms with Crippen molar-refractivity contribution < 1.29 is 0 Å². The highest BCUT2D eigenvalue weighted by Gasteiger charge is 2.05. The molecule has 0 bridgehead atoms. The van der Waals surface area contributed by atoms with Crippen LogP contribution >= 0.6 is 11.3 Å². The first kappa shape index (κ1) is 13.1. The minimum absolute atomic E-state index is 0.154. The van der Waals surface area contributed by atoms with Gasteiger partial charge in [-0.2, -0.15) is 0 Å². The first-order chi connectivity index (χ1) is 8.70. The Morgan fingerprint density at radius 2 is 1.94 bits per heavy atom. The zero-order valence-corrected chi connectivity index (χ0v) is 11.8. The molecule has 1 aromatic carbocycles. The lowest BCUT2D eigenvalue weighted by atomic mass is 10.1. The van der Waals surface area contributed by atoms with Gasteiger partial charge in [0.05, 0.1) is 6.54 Å².